The molecule has 29 heavy (non-hydrogen) atoms. The molecule has 3 rings (SSSR count). The second-order valence-electron chi connectivity index (χ2n) is 9.03. The third kappa shape index (κ3) is 4.92. The van der Waals surface area contributed by atoms with Gasteiger partial charge in [-0.05, 0) is 36.0 Å². The summed E-state index contributed by atoms with van der Waals surface area (Å²) in [6.45, 7) is 6.63. The minimum absolute atomic E-state index is 0.0668. The van der Waals surface area contributed by atoms with Crippen LogP contribution >= 0.6 is 0 Å². The third-order valence-electron chi connectivity index (χ3n) is 5.83. The first-order valence-electron chi connectivity index (χ1n) is 10.6. The molecule has 1 fully saturated rings. The molecule has 0 radical (unpaired) electrons. The highest BCUT2D eigenvalue weighted by Gasteiger charge is 2.31. The maximum absolute atomic E-state index is 13.7. The first kappa shape index (κ1) is 21.2. The molecule has 0 bridgehead atoms. The van der Waals surface area contributed by atoms with Crippen LogP contribution in [0.5, 0.6) is 11.5 Å². The van der Waals surface area contributed by atoms with Crippen LogP contribution in [-0.4, -0.2) is 29.1 Å². The third-order valence-corrected chi connectivity index (χ3v) is 5.83. The van der Waals surface area contributed by atoms with Crippen LogP contribution in [0.4, 0.5) is 0 Å². The summed E-state index contributed by atoms with van der Waals surface area (Å²) in [5.41, 5.74) is 1.85. The van der Waals surface area contributed by atoms with Crippen molar-refractivity contribution in [2.24, 2.45) is 0 Å². The Bertz CT molecular complexity index is 833. The zero-order valence-electron chi connectivity index (χ0n) is 18.1. The maximum atomic E-state index is 13.7. The summed E-state index contributed by atoms with van der Waals surface area (Å²) in [4.78, 5) is 15.7. The Balaban J connectivity index is 2.02. The Kier molecular flexibility index (Phi) is 6.51. The van der Waals surface area contributed by atoms with E-state index in [0.29, 0.717) is 17.9 Å². The molecule has 0 spiro atoms. The Morgan fingerprint density at radius 3 is 2.34 bits per heavy atom. The fourth-order valence-corrected chi connectivity index (χ4v) is 4.15. The fraction of sp³-hybridized carbons (Fsp3) is 0.480. The van der Waals surface area contributed by atoms with Gasteiger partial charge in [-0.15, -0.1) is 0 Å². The van der Waals surface area contributed by atoms with E-state index in [2.05, 4.69) is 12.1 Å². The SMILES string of the molecule is COc1cc(C(=O)N(Cc2ccccc2)C2CCCCC2)c(O)c(C(C)(C)C)c1. The second-order valence-corrected chi connectivity index (χ2v) is 9.03. The summed E-state index contributed by atoms with van der Waals surface area (Å²) in [6, 6.07) is 13.8. The van der Waals surface area contributed by atoms with E-state index in [4.69, 9.17) is 4.74 Å². The second kappa shape index (κ2) is 8.89. The number of carbonyl (C=O) groups excluding carboxylic acids is 1. The fourth-order valence-electron chi connectivity index (χ4n) is 4.15. The molecule has 4 nitrogen and oxygen atoms in total. The molecule has 1 amide bonds. The lowest BCUT2D eigenvalue weighted by Crippen LogP contribution is -2.41. The van der Waals surface area contributed by atoms with E-state index >= 15 is 0 Å². The number of ether oxygens (including phenoxy) is 1. The molecule has 1 N–H and O–H groups in total. The van der Waals surface area contributed by atoms with Gasteiger partial charge in [0.05, 0.1) is 12.7 Å². The number of aromatic hydroxyl groups is 1. The van der Waals surface area contributed by atoms with Gasteiger partial charge in [0.15, 0.2) is 0 Å². The zero-order valence-corrected chi connectivity index (χ0v) is 18.1. The molecule has 0 saturated heterocycles. The van der Waals surface area contributed by atoms with Gasteiger partial charge in [0.25, 0.3) is 5.91 Å². The molecule has 1 aliphatic rings. The van der Waals surface area contributed by atoms with Gasteiger partial charge in [0, 0.05) is 18.2 Å². The lowest BCUT2D eigenvalue weighted by molar-refractivity contribution is 0.0610. The highest BCUT2D eigenvalue weighted by Crippen LogP contribution is 2.38. The Hall–Kier alpha value is -2.49. The molecule has 0 aliphatic heterocycles. The van der Waals surface area contributed by atoms with Crippen molar-refractivity contribution < 1.29 is 14.6 Å². The van der Waals surface area contributed by atoms with Crippen molar-refractivity contribution in [3.05, 3.63) is 59.2 Å². The number of amides is 1. The standard InChI is InChI=1S/C25H33NO3/c1-25(2,3)22-16-20(29-4)15-21(23(22)27)24(28)26(19-13-9-6-10-14-19)17-18-11-7-5-8-12-18/h5,7-8,11-12,15-16,19,27H,6,9-10,13-14,17H2,1-4H3. The van der Waals surface area contributed by atoms with Gasteiger partial charge in [-0.2, -0.15) is 0 Å². The van der Waals surface area contributed by atoms with Crippen molar-refractivity contribution >= 4 is 5.91 Å². The minimum atomic E-state index is -0.303. The van der Waals surface area contributed by atoms with Crippen molar-refractivity contribution in [2.75, 3.05) is 7.11 Å². The summed E-state index contributed by atoms with van der Waals surface area (Å²) >= 11 is 0. The normalized spacial score (nSPS) is 15.2. The van der Waals surface area contributed by atoms with E-state index in [0.717, 1.165) is 36.8 Å². The summed E-state index contributed by atoms with van der Waals surface area (Å²) in [5, 5.41) is 11.0. The predicted octanol–water partition coefficient (Wildman–Crippen LogP) is 5.67. The monoisotopic (exact) mass is 395 g/mol. The van der Waals surface area contributed by atoms with Crippen LogP contribution in [0.25, 0.3) is 0 Å². The first-order chi connectivity index (χ1) is 13.8. The number of nitrogens with zero attached hydrogens (tertiary/aromatic N) is 1. The van der Waals surface area contributed by atoms with Crippen LogP contribution in [0.15, 0.2) is 42.5 Å². The molecule has 0 aromatic heterocycles. The number of hydrogen-bond acceptors (Lipinski definition) is 3. The average Bonchev–Trinajstić information content (AvgIpc) is 2.72. The van der Waals surface area contributed by atoms with Crippen LogP contribution in [0.2, 0.25) is 0 Å². The van der Waals surface area contributed by atoms with Crippen molar-refractivity contribution in [1.82, 2.24) is 4.90 Å². The summed E-state index contributed by atoms with van der Waals surface area (Å²) in [5.74, 6) is 0.541. The van der Waals surface area contributed by atoms with Gasteiger partial charge in [0.1, 0.15) is 11.5 Å². The van der Waals surface area contributed by atoms with Crippen molar-refractivity contribution in [3.63, 3.8) is 0 Å². The van der Waals surface area contributed by atoms with Gasteiger partial charge in [-0.25, -0.2) is 0 Å². The number of benzene rings is 2. The van der Waals surface area contributed by atoms with Gasteiger partial charge < -0.3 is 14.7 Å². The number of methoxy groups -OCH3 is 1. The molecule has 1 saturated carbocycles. The van der Waals surface area contributed by atoms with Crippen LogP contribution in [-0.2, 0) is 12.0 Å². The molecule has 0 unspecified atom stereocenters. The average molecular weight is 396 g/mol. The number of phenolic OH excluding ortho intramolecular Hbond substituents is 1. The molecule has 2 aromatic rings. The van der Waals surface area contributed by atoms with Gasteiger partial charge >= 0.3 is 0 Å². The smallest absolute Gasteiger partial charge is 0.258 e. The molecule has 1 aliphatic carbocycles. The minimum Gasteiger partial charge on any atom is -0.507 e. The van der Waals surface area contributed by atoms with E-state index in [1.165, 1.54) is 6.42 Å². The maximum Gasteiger partial charge on any atom is 0.258 e. The molecular weight excluding hydrogens is 362 g/mol. The van der Waals surface area contributed by atoms with E-state index < -0.39 is 0 Å². The zero-order chi connectivity index (χ0) is 21.0. The van der Waals surface area contributed by atoms with Crippen LogP contribution in [0.3, 0.4) is 0 Å². The van der Waals surface area contributed by atoms with E-state index in [-0.39, 0.29) is 23.1 Å². The number of carbonyl (C=O) groups is 1. The Labute approximate surface area is 174 Å². The molecular formula is C25H33NO3. The van der Waals surface area contributed by atoms with Crippen LogP contribution in [0.1, 0.15) is 74.4 Å². The molecule has 156 valence electrons. The molecule has 2 aromatic carbocycles. The molecule has 4 heteroatoms. The van der Waals surface area contributed by atoms with Crippen LogP contribution < -0.4 is 4.74 Å². The largest absolute Gasteiger partial charge is 0.507 e. The Morgan fingerprint density at radius 2 is 1.76 bits per heavy atom. The van der Waals surface area contributed by atoms with Gasteiger partial charge in [0.2, 0.25) is 0 Å². The number of rotatable bonds is 5. The number of phenols is 1. The lowest BCUT2D eigenvalue weighted by atomic mass is 9.84. The lowest BCUT2D eigenvalue weighted by Gasteiger charge is -2.35. The van der Waals surface area contributed by atoms with Crippen molar-refractivity contribution in [1.29, 1.82) is 0 Å². The number of hydrogen-bond donors (Lipinski definition) is 1. The highest BCUT2D eigenvalue weighted by molar-refractivity contribution is 5.98. The first-order valence-corrected chi connectivity index (χ1v) is 10.6. The van der Waals surface area contributed by atoms with E-state index in [1.54, 1.807) is 13.2 Å². The van der Waals surface area contributed by atoms with E-state index in [9.17, 15) is 9.90 Å². The van der Waals surface area contributed by atoms with Crippen molar-refractivity contribution in [3.8, 4) is 11.5 Å². The predicted molar refractivity (Wildman–Crippen MR) is 117 cm³/mol. The Morgan fingerprint density at radius 1 is 1.10 bits per heavy atom. The van der Waals surface area contributed by atoms with E-state index in [1.807, 2.05) is 49.9 Å². The van der Waals surface area contributed by atoms with Crippen LogP contribution in [0, 0.1) is 0 Å². The van der Waals surface area contributed by atoms with Crippen molar-refractivity contribution in [2.45, 2.75) is 70.9 Å². The highest BCUT2D eigenvalue weighted by atomic mass is 16.5. The summed E-state index contributed by atoms with van der Waals surface area (Å²) in [7, 11) is 1.59. The quantitative estimate of drug-likeness (QED) is 0.709. The topological polar surface area (TPSA) is 49.8 Å². The molecule has 0 heterocycles. The summed E-state index contributed by atoms with van der Waals surface area (Å²) < 4.78 is 5.46. The summed E-state index contributed by atoms with van der Waals surface area (Å²) in [6.07, 6.45) is 5.52. The van der Waals surface area contributed by atoms with Gasteiger partial charge in [-0.3, -0.25) is 4.79 Å². The molecule has 0 atom stereocenters. The van der Waals surface area contributed by atoms with Gasteiger partial charge in [-0.1, -0.05) is 70.4 Å².